The van der Waals surface area contributed by atoms with Crippen molar-refractivity contribution in [1.82, 2.24) is 4.98 Å². The number of thiazole rings is 1. The van der Waals surface area contributed by atoms with Crippen LogP contribution in [-0.4, -0.2) is 17.0 Å². The quantitative estimate of drug-likeness (QED) is 0.756. The van der Waals surface area contributed by atoms with Crippen molar-refractivity contribution in [3.05, 3.63) is 54.1 Å². The smallest absolute Gasteiger partial charge is 0.267 e. The average Bonchev–Trinajstić information content (AvgIpc) is 2.94. The Bertz CT molecular complexity index is 814. The zero-order valence-corrected chi connectivity index (χ0v) is 13.9. The fourth-order valence-corrected chi connectivity index (χ4v) is 3.22. The van der Waals surface area contributed by atoms with Crippen LogP contribution in [0, 0.1) is 6.92 Å². The largest absolute Gasteiger partial charge is 0.481 e. The first-order chi connectivity index (χ1) is 11.2. The third-order valence-corrected chi connectivity index (χ3v) is 4.39. The van der Waals surface area contributed by atoms with E-state index in [-0.39, 0.29) is 5.91 Å². The highest BCUT2D eigenvalue weighted by Crippen LogP contribution is 2.27. The Labute approximate surface area is 139 Å². The molecule has 0 spiro atoms. The van der Waals surface area contributed by atoms with Gasteiger partial charge in [0.1, 0.15) is 5.75 Å². The van der Waals surface area contributed by atoms with Gasteiger partial charge in [0.05, 0.1) is 10.2 Å². The number of carbonyl (C=O) groups is 1. The lowest BCUT2D eigenvalue weighted by molar-refractivity contribution is -0.122. The van der Waals surface area contributed by atoms with Gasteiger partial charge in [-0.15, -0.1) is 0 Å². The first kappa shape index (κ1) is 15.5. The standard InChI is InChI=1S/C18H18N2O2S/c1-3-15(22-13-7-5-4-6-8-13)17(21)20-18-19-14-10-9-12(2)11-16(14)23-18/h4-11,15H,3H2,1-2H3,(H,19,20,21)/t15-/m0/s1. The predicted molar refractivity (Wildman–Crippen MR) is 94.1 cm³/mol. The van der Waals surface area contributed by atoms with Crippen LogP contribution >= 0.6 is 11.3 Å². The van der Waals surface area contributed by atoms with Crippen molar-refractivity contribution >= 4 is 32.6 Å². The average molecular weight is 326 g/mol. The summed E-state index contributed by atoms with van der Waals surface area (Å²) in [6.45, 7) is 3.97. The Balaban J connectivity index is 1.73. The van der Waals surface area contributed by atoms with Gasteiger partial charge in [-0.1, -0.05) is 42.5 Å². The molecule has 118 valence electrons. The molecule has 0 aliphatic carbocycles. The number of nitrogens with one attached hydrogen (secondary N) is 1. The highest BCUT2D eigenvalue weighted by atomic mass is 32.1. The molecule has 4 nitrogen and oxygen atoms in total. The van der Waals surface area contributed by atoms with Crippen molar-refractivity contribution in [1.29, 1.82) is 0 Å². The third-order valence-electron chi connectivity index (χ3n) is 3.46. The monoisotopic (exact) mass is 326 g/mol. The van der Waals surface area contributed by atoms with E-state index in [4.69, 9.17) is 4.74 Å². The Morgan fingerprint density at radius 1 is 1.26 bits per heavy atom. The lowest BCUT2D eigenvalue weighted by Gasteiger charge is -2.16. The number of aryl methyl sites for hydroxylation is 1. The third kappa shape index (κ3) is 3.68. The lowest BCUT2D eigenvalue weighted by atomic mass is 10.2. The number of nitrogens with zero attached hydrogens (tertiary/aromatic N) is 1. The minimum Gasteiger partial charge on any atom is -0.481 e. The highest BCUT2D eigenvalue weighted by molar-refractivity contribution is 7.22. The van der Waals surface area contributed by atoms with Crippen molar-refractivity contribution in [2.24, 2.45) is 0 Å². The molecular formula is C18H18N2O2S. The van der Waals surface area contributed by atoms with Crippen molar-refractivity contribution in [2.45, 2.75) is 26.4 Å². The van der Waals surface area contributed by atoms with E-state index in [1.807, 2.05) is 56.3 Å². The van der Waals surface area contributed by atoms with Crippen LogP contribution in [0.1, 0.15) is 18.9 Å². The van der Waals surface area contributed by atoms with Crippen LogP contribution in [0.4, 0.5) is 5.13 Å². The molecule has 1 N–H and O–H groups in total. The fraction of sp³-hybridized carbons (Fsp3) is 0.222. The zero-order chi connectivity index (χ0) is 16.2. The van der Waals surface area contributed by atoms with Gasteiger partial charge in [-0.05, 0) is 43.2 Å². The van der Waals surface area contributed by atoms with Gasteiger partial charge in [-0.25, -0.2) is 4.98 Å². The molecule has 0 unspecified atom stereocenters. The summed E-state index contributed by atoms with van der Waals surface area (Å²) in [6.07, 6.45) is 0.0521. The van der Waals surface area contributed by atoms with Crippen molar-refractivity contribution < 1.29 is 9.53 Å². The van der Waals surface area contributed by atoms with E-state index >= 15 is 0 Å². The van der Waals surface area contributed by atoms with E-state index in [2.05, 4.69) is 16.4 Å². The molecule has 1 amide bonds. The van der Waals surface area contributed by atoms with Crippen LogP contribution in [0.5, 0.6) is 5.75 Å². The maximum atomic E-state index is 12.4. The summed E-state index contributed by atoms with van der Waals surface area (Å²) in [7, 11) is 0. The van der Waals surface area contributed by atoms with E-state index < -0.39 is 6.10 Å². The topological polar surface area (TPSA) is 51.2 Å². The van der Waals surface area contributed by atoms with Crippen molar-refractivity contribution in [3.8, 4) is 5.75 Å². The second-order valence-corrected chi connectivity index (χ2v) is 6.34. The molecule has 0 aliphatic rings. The maximum Gasteiger partial charge on any atom is 0.267 e. The number of carbonyl (C=O) groups excluding carboxylic acids is 1. The minimum absolute atomic E-state index is 0.174. The van der Waals surface area contributed by atoms with E-state index in [1.54, 1.807) is 0 Å². The van der Waals surface area contributed by atoms with Gasteiger partial charge in [-0.3, -0.25) is 10.1 Å². The van der Waals surface area contributed by atoms with Crippen LogP contribution in [0.25, 0.3) is 10.2 Å². The number of amides is 1. The second kappa shape index (κ2) is 6.79. The predicted octanol–water partition coefficient (Wildman–Crippen LogP) is 4.40. The first-order valence-electron chi connectivity index (χ1n) is 7.55. The van der Waals surface area contributed by atoms with Gasteiger partial charge in [0.15, 0.2) is 11.2 Å². The molecule has 1 atom stereocenters. The van der Waals surface area contributed by atoms with E-state index in [0.29, 0.717) is 17.3 Å². The molecule has 3 aromatic rings. The number of ether oxygens (including phenoxy) is 1. The zero-order valence-electron chi connectivity index (χ0n) is 13.1. The van der Waals surface area contributed by atoms with Crippen LogP contribution in [-0.2, 0) is 4.79 Å². The molecule has 0 saturated carbocycles. The Morgan fingerprint density at radius 3 is 2.78 bits per heavy atom. The molecule has 0 fully saturated rings. The lowest BCUT2D eigenvalue weighted by Crippen LogP contribution is -2.32. The van der Waals surface area contributed by atoms with E-state index in [1.165, 1.54) is 16.9 Å². The van der Waals surface area contributed by atoms with Gasteiger partial charge >= 0.3 is 0 Å². The summed E-state index contributed by atoms with van der Waals surface area (Å²) in [5.74, 6) is 0.515. The summed E-state index contributed by atoms with van der Waals surface area (Å²) >= 11 is 1.48. The maximum absolute atomic E-state index is 12.4. The van der Waals surface area contributed by atoms with Crippen LogP contribution < -0.4 is 10.1 Å². The molecule has 1 aromatic heterocycles. The summed E-state index contributed by atoms with van der Waals surface area (Å²) in [5.41, 5.74) is 2.07. The number of hydrogen-bond acceptors (Lipinski definition) is 4. The van der Waals surface area contributed by atoms with Crippen LogP contribution in [0.15, 0.2) is 48.5 Å². The van der Waals surface area contributed by atoms with E-state index in [0.717, 1.165) is 10.2 Å². The second-order valence-electron chi connectivity index (χ2n) is 5.31. The minimum atomic E-state index is -0.536. The SMILES string of the molecule is CC[C@H](Oc1ccccc1)C(=O)Nc1nc2ccc(C)cc2s1. The van der Waals surface area contributed by atoms with Gasteiger partial charge in [-0.2, -0.15) is 0 Å². The molecular weight excluding hydrogens is 308 g/mol. The van der Waals surface area contributed by atoms with Crippen LogP contribution in [0.2, 0.25) is 0 Å². The molecule has 0 bridgehead atoms. The normalized spacial score (nSPS) is 12.1. The van der Waals surface area contributed by atoms with Crippen LogP contribution in [0.3, 0.4) is 0 Å². The number of benzene rings is 2. The molecule has 1 heterocycles. The molecule has 3 rings (SSSR count). The summed E-state index contributed by atoms with van der Waals surface area (Å²) in [5, 5.41) is 3.47. The summed E-state index contributed by atoms with van der Waals surface area (Å²) in [4.78, 5) is 16.9. The Morgan fingerprint density at radius 2 is 2.04 bits per heavy atom. The molecule has 23 heavy (non-hydrogen) atoms. The molecule has 0 saturated heterocycles. The highest BCUT2D eigenvalue weighted by Gasteiger charge is 2.19. The number of rotatable bonds is 5. The van der Waals surface area contributed by atoms with Crippen molar-refractivity contribution in [2.75, 3.05) is 5.32 Å². The molecule has 5 heteroatoms. The van der Waals surface area contributed by atoms with Gasteiger partial charge in [0.25, 0.3) is 5.91 Å². The summed E-state index contributed by atoms with van der Waals surface area (Å²) in [6, 6.07) is 15.4. The molecule has 2 aromatic carbocycles. The molecule has 0 radical (unpaired) electrons. The number of para-hydroxylation sites is 1. The number of aromatic nitrogens is 1. The molecule has 0 aliphatic heterocycles. The number of anilines is 1. The number of fused-ring (bicyclic) bond motifs is 1. The van der Waals surface area contributed by atoms with Gasteiger partial charge < -0.3 is 4.74 Å². The first-order valence-corrected chi connectivity index (χ1v) is 8.37. The Kier molecular flexibility index (Phi) is 4.57. The summed E-state index contributed by atoms with van der Waals surface area (Å²) < 4.78 is 6.82. The van der Waals surface area contributed by atoms with Crippen molar-refractivity contribution in [3.63, 3.8) is 0 Å². The van der Waals surface area contributed by atoms with Gasteiger partial charge in [0, 0.05) is 0 Å². The van der Waals surface area contributed by atoms with E-state index in [9.17, 15) is 4.79 Å². The Hall–Kier alpha value is -2.40. The van der Waals surface area contributed by atoms with Gasteiger partial charge in [0.2, 0.25) is 0 Å². The fourth-order valence-electron chi connectivity index (χ4n) is 2.26. The number of hydrogen-bond donors (Lipinski definition) is 1.